The molecule has 192 valence electrons. The summed E-state index contributed by atoms with van der Waals surface area (Å²) in [5.74, 6) is -1.68. The van der Waals surface area contributed by atoms with Gasteiger partial charge in [-0.1, -0.05) is 0 Å². The Hall–Kier alpha value is -1.09. The van der Waals surface area contributed by atoms with Crippen molar-refractivity contribution in [2.24, 2.45) is 0 Å². The molecule has 16 heteroatoms. The van der Waals surface area contributed by atoms with Crippen LogP contribution in [-0.2, 0) is 28.5 Å². The summed E-state index contributed by atoms with van der Waals surface area (Å²) >= 11 is 0. The fourth-order valence-corrected chi connectivity index (χ4v) is 3.73. The van der Waals surface area contributed by atoms with E-state index >= 15 is 0 Å². The molecule has 3 fully saturated rings. The van der Waals surface area contributed by atoms with E-state index in [-0.39, 0.29) is 0 Å². The molecule has 3 rings (SSSR count). The molecule has 0 amide bonds. The van der Waals surface area contributed by atoms with Crippen LogP contribution in [0.4, 0.5) is 0 Å². The van der Waals surface area contributed by atoms with Crippen molar-refractivity contribution in [3.8, 4) is 0 Å². The van der Waals surface area contributed by atoms with Crippen LogP contribution < -0.4 is 0 Å². The van der Waals surface area contributed by atoms with Crippen LogP contribution in [0.3, 0.4) is 0 Å². The number of aliphatic carboxylic acids is 1. The predicted octanol–water partition coefficient (Wildman–Crippen LogP) is -6.84. The summed E-state index contributed by atoms with van der Waals surface area (Å²) in [6.07, 6.45) is -25.2. The zero-order valence-electron chi connectivity index (χ0n) is 16.9. The van der Waals surface area contributed by atoms with Gasteiger partial charge in [-0.15, -0.1) is 0 Å². The third-order valence-electron chi connectivity index (χ3n) is 5.67. The number of rotatable bonds is 6. The molecule has 3 heterocycles. The maximum Gasteiger partial charge on any atom is 0.335 e. The maximum absolute atomic E-state index is 11.6. The highest BCUT2D eigenvalue weighted by atomic mass is 16.8. The van der Waals surface area contributed by atoms with Crippen molar-refractivity contribution in [2.75, 3.05) is 13.2 Å². The van der Waals surface area contributed by atoms with Gasteiger partial charge in [0, 0.05) is 0 Å². The van der Waals surface area contributed by atoms with Gasteiger partial charge >= 0.3 is 5.97 Å². The highest BCUT2D eigenvalue weighted by molar-refractivity contribution is 5.73. The predicted molar refractivity (Wildman–Crippen MR) is 95.8 cm³/mol. The number of carboxylic acids is 1. The highest BCUT2D eigenvalue weighted by Gasteiger charge is 2.54. The number of aliphatic hydroxyl groups excluding tert-OH is 9. The van der Waals surface area contributed by atoms with E-state index < -0.39 is 105 Å². The number of hydrogen-bond acceptors (Lipinski definition) is 15. The Bertz CT molecular complexity index is 663. The largest absolute Gasteiger partial charge is 0.479 e. The first-order valence-corrected chi connectivity index (χ1v) is 9.99. The van der Waals surface area contributed by atoms with E-state index in [4.69, 9.17) is 23.7 Å². The second kappa shape index (κ2) is 10.7. The topological polar surface area (TPSA) is 266 Å². The summed E-state index contributed by atoms with van der Waals surface area (Å²) in [4.78, 5) is 11.6. The van der Waals surface area contributed by atoms with E-state index in [2.05, 4.69) is 0 Å². The van der Waals surface area contributed by atoms with Crippen LogP contribution in [0.15, 0.2) is 0 Å². The number of carbonyl (C=O) groups is 1. The summed E-state index contributed by atoms with van der Waals surface area (Å²) in [6.45, 7) is -1.27. The molecule has 33 heavy (non-hydrogen) atoms. The smallest absolute Gasteiger partial charge is 0.335 e. The molecular formula is C17H28O16. The standard InChI is InChI=1S/C17H28O16/c18-1-4-6(21)7(22)9(24)17(30-4)33-12-10(25)11(13(14(26)27)31-15(12)28)32-16-8(23)5(20)3(19)2-29-16/h3-13,15-25,28H,1-2H2,(H,26,27)/t3-,4-,5+,6-,7+,8-,9-,10+,11+,12-,13+,15?,16+,17+/m1/s1. The Labute approximate surface area is 185 Å². The van der Waals surface area contributed by atoms with Gasteiger partial charge < -0.3 is 74.7 Å². The molecule has 3 aliphatic heterocycles. The molecule has 0 aromatic carbocycles. The first-order valence-electron chi connectivity index (χ1n) is 9.99. The van der Waals surface area contributed by atoms with E-state index in [1.54, 1.807) is 0 Å². The molecule has 0 radical (unpaired) electrons. The number of carboxylic acid groups (broad SMARTS) is 1. The van der Waals surface area contributed by atoms with Crippen LogP contribution in [0.2, 0.25) is 0 Å². The van der Waals surface area contributed by atoms with Crippen molar-refractivity contribution in [1.29, 1.82) is 0 Å². The van der Waals surface area contributed by atoms with Gasteiger partial charge in [-0.25, -0.2) is 4.79 Å². The van der Waals surface area contributed by atoms with Gasteiger partial charge in [0.1, 0.15) is 61.0 Å². The average molecular weight is 488 g/mol. The van der Waals surface area contributed by atoms with Gasteiger partial charge in [0.25, 0.3) is 0 Å². The number of hydrogen-bond donors (Lipinski definition) is 10. The quantitative estimate of drug-likeness (QED) is 0.166. The zero-order chi connectivity index (χ0) is 24.6. The van der Waals surface area contributed by atoms with Crippen molar-refractivity contribution in [3.05, 3.63) is 0 Å². The van der Waals surface area contributed by atoms with E-state index in [1.807, 2.05) is 0 Å². The van der Waals surface area contributed by atoms with Crippen molar-refractivity contribution < 1.29 is 79.5 Å². The molecule has 14 atom stereocenters. The Balaban J connectivity index is 1.77. The number of aliphatic hydroxyl groups is 9. The Kier molecular flexibility index (Phi) is 8.57. The summed E-state index contributed by atoms with van der Waals surface area (Å²) in [7, 11) is 0. The van der Waals surface area contributed by atoms with Crippen LogP contribution in [0.25, 0.3) is 0 Å². The van der Waals surface area contributed by atoms with Gasteiger partial charge in [0.15, 0.2) is 25.0 Å². The fraction of sp³-hybridized carbons (Fsp3) is 0.941. The minimum Gasteiger partial charge on any atom is -0.479 e. The third-order valence-corrected chi connectivity index (χ3v) is 5.67. The Morgan fingerprint density at radius 2 is 1.36 bits per heavy atom. The fourth-order valence-electron chi connectivity index (χ4n) is 3.73. The molecule has 0 saturated carbocycles. The lowest BCUT2D eigenvalue weighted by Gasteiger charge is -2.46. The van der Waals surface area contributed by atoms with Crippen LogP contribution in [-0.4, -0.2) is 156 Å². The molecule has 0 bridgehead atoms. The van der Waals surface area contributed by atoms with Gasteiger partial charge in [0.05, 0.1) is 13.2 Å². The van der Waals surface area contributed by atoms with E-state index in [9.17, 15) is 55.9 Å². The van der Waals surface area contributed by atoms with Crippen molar-refractivity contribution in [1.82, 2.24) is 0 Å². The average Bonchev–Trinajstić information content (AvgIpc) is 2.77. The molecule has 16 nitrogen and oxygen atoms in total. The Morgan fingerprint density at radius 1 is 0.758 bits per heavy atom. The van der Waals surface area contributed by atoms with Crippen molar-refractivity contribution in [3.63, 3.8) is 0 Å². The summed E-state index contributed by atoms with van der Waals surface area (Å²) in [5, 5.41) is 98.7. The SMILES string of the molecule is O=C(O)[C@H]1OC(O)[C@H](O[C@@H]2O[C@H](CO)[C@@H](O)[C@H](O)[C@H]2O)[C@@H](O)[C@@H]1O[C@@H]1OC[C@@H](O)[C@H](O)[C@H]1O. The highest BCUT2D eigenvalue weighted by Crippen LogP contribution is 2.31. The minimum absolute atomic E-state index is 0.488. The van der Waals surface area contributed by atoms with Gasteiger partial charge in [-0.3, -0.25) is 0 Å². The van der Waals surface area contributed by atoms with Gasteiger partial charge in [0.2, 0.25) is 0 Å². The van der Waals surface area contributed by atoms with Crippen molar-refractivity contribution >= 4 is 5.97 Å². The molecule has 0 aliphatic carbocycles. The van der Waals surface area contributed by atoms with Crippen molar-refractivity contribution in [2.45, 2.75) is 86.0 Å². The summed E-state index contributed by atoms with van der Waals surface area (Å²) in [5.41, 5.74) is 0. The van der Waals surface area contributed by atoms with Crippen LogP contribution in [0, 0.1) is 0 Å². The second-order valence-corrected chi connectivity index (χ2v) is 7.93. The van der Waals surface area contributed by atoms with Gasteiger partial charge in [-0.05, 0) is 0 Å². The molecule has 0 spiro atoms. The third kappa shape index (κ3) is 5.29. The molecule has 10 N–H and O–H groups in total. The number of ether oxygens (including phenoxy) is 5. The first kappa shape index (κ1) is 26.5. The van der Waals surface area contributed by atoms with E-state index in [0.717, 1.165) is 0 Å². The van der Waals surface area contributed by atoms with E-state index in [1.165, 1.54) is 0 Å². The Morgan fingerprint density at radius 3 is 1.97 bits per heavy atom. The molecule has 0 aromatic rings. The summed E-state index contributed by atoms with van der Waals surface area (Å²) in [6, 6.07) is 0. The van der Waals surface area contributed by atoms with Gasteiger partial charge in [-0.2, -0.15) is 0 Å². The first-order chi connectivity index (χ1) is 15.5. The monoisotopic (exact) mass is 488 g/mol. The van der Waals surface area contributed by atoms with Crippen LogP contribution >= 0.6 is 0 Å². The second-order valence-electron chi connectivity index (χ2n) is 7.93. The molecular weight excluding hydrogens is 460 g/mol. The summed E-state index contributed by atoms with van der Waals surface area (Å²) < 4.78 is 25.7. The van der Waals surface area contributed by atoms with E-state index in [0.29, 0.717) is 0 Å². The molecule has 3 saturated heterocycles. The lowest BCUT2D eigenvalue weighted by molar-refractivity contribution is -0.374. The lowest BCUT2D eigenvalue weighted by Crippen LogP contribution is -2.66. The maximum atomic E-state index is 11.6. The minimum atomic E-state index is -2.11. The zero-order valence-corrected chi connectivity index (χ0v) is 16.9. The molecule has 3 aliphatic rings. The van der Waals surface area contributed by atoms with Crippen LogP contribution in [0.1, 0.15) is 0 Å². The normalized spacial score (nSPS) is 51.3. The molecule has 1 unspecified atom stereocenters. The lowest BCUT2D eigenvalue weighted by atomic mass is 9.96. The van der Waals surface area contributed by atoms with Crippen LogP contribution in [0.5, 0.6) is 0 Å². The molecule has 0 aromatic heterocycles.